The van der Waals surface area contributed by atoms with Gasteiger partial charge in [0, 0.05) is 11.6 Å². The summed E-state index contributed by atoms with van der Waals surface area (Å²) in [4.78, 5) is 0. The lowest BCUT2D eigenvalue weighted by Gasteiger charge is -2.19. The maximum Gasteiger partial charge on any atom is 0.146 e. The predicted octanol–water partition coefficient (Wildman–Crippen LogP) is 3.92. The van der Waals surface area contributed by atoms with E-state index in [1.54, 1.807) is 6.26 Å². The summed E-state index contributed by atoms with van der Waals surface area (Å²) >= 11 is 0. The Morgan fingerprint density at radius 2 is 2.00 bits per heavy atom. The lowest BCUT2D eigenvalue weighted by atomic mass is 10.0. The Bertz CT molecular complexity index is 479. The first-order valence-electron chi connectivity index (χ1n) is 6.82. The normalized spacial score (nSPS) is 12.3. The second-order valence-electron chi connectivity index (χ2n) is 4.42. The minimum atomic E-state index is 0.331. The van der Waals surface area contributed by atoms with E-state index >= 15 is 0 Å². The van der Waals surface area contributed by atoms with Gasteiger partial charge in [-0.05, 0) is 31.2 Å². The van der Waals surface area contributed by atoms with E-state index in [1.807, 2.05) is 24.3 Å². The molecule has 0 fully saturated rings. The van der Waals surface area contributed by atoms with E-state index in [9.17, 15) is 0 Å². The van der Waals surface area contributed by atoms with Crippen molar-refractivity contribution >= 4 is 0 Å². The van der Waals surface area contributed by atoms with Crippen molar-refractivity contribution < 1.29 is 9.15 Å². The molecule has 1 heterocycles. The largest absolute Gasteiger partial charge is 0.485 e. The van der Waals surface area contributed by atoms with Crippen LogP contribution in [-0.2, 0) is 6.61 Å². The minimum absolute atomic E-state index is 0.331. The zero-order valence-corrected chi connectivity index (χ0v) is 11.6. The van der Waals surface area contributed by atoms with Crippen LogP contribution < -0.4 is 10.1 Å². The van der Waals surface area contributed by atoms with Gasteiger partial charge in [-0.2, -0.15) is 0 Å². The third-order valence-corrected chi connectivity index (χ3v) is 3.10. The van der Waals surface area contributed by atoms with Crippen LogP contribution in [0.4, 0.5) is 0 Å². The molecule has 0 aliphatic rings. The number of ether oxygens (including phenoxy) is 1. The van der Waals surface area contributed by atoms with Crippen molar-refractivity contribution in [3.05, 3.63) is 54.0 Å². The number of furan rings is 1. The lowest BCUT2D eigenvalue weighted by Crippen LogP contribution is -2.20. The smallest absolute Gasteiger partial charge is 0.146 e. The molecule has 19 heavy (non-hydrogen) atoms. The predicted molar refractivity (Wildman–Crippen MR) is 76.2 cm³/mol. The molecule has 2 aromatic rings. The van der Waals surface area contributed by atoms with Crippen LogP contribution in [0.5, 0.6) is 5.75 Å². The highest BCUT2D eigenvalue weighted by molar-refractivity contribution is 5.36. The van der Waals surface area contributed by atoms with E-state index in [1.165, 1.54) is 5.56 Å². The molecule has 102 valence electrons. The average molecular weight is 259 g/mol. The van der Waals surface area contributed by atoms with Crippen LogP contribution in [0.1, 0.15) is 37.6 Å². The number of benzene rings is 1. The van der Waals surface area contributed by atoms with E-state index < -0.39 is 0 Å². The first-order valence-corrected chi connectivity index (χ1v) is 6.82. The topological polar surface area (TPSA) is 34.4 Å². The Morgan fingerprint density at radius 3 is 2.68 bits per heavy atom. The molecule has 3 heteroatoms. The zero-order valence-electron chi connectivity index (χ0n) is 11.6. The lowest BCUT2D eigenvalue weighted by molar-refractivity contribution is 0.265. The van der Waals surface area contributed by atoms with Crippen molar-refractivity contribution in [1.82, 2.24) is 5.32 Å². The SMILES string of the molecule is CCNC(CC)c1ccccc1OCc1ccco1. The average Bonchev–Trinajstić information content (AvgIpc) is 2.96. The molecular weight excluding hydrogens is 238 g/mol. The molecule has 1 atom stereocenters. The molecule has 0 saturated carbocycles. The van der Waals surface area contributed by atoms with Gasteiger partial charge in [-0.15, -0.1) is 0 Å². The fraction of sp³-hybridized carbons (Fsp3) is 0.375. The van der Waals surface area contributed by atoms with Crippen molar-refractivity contribution in [2.24, 2.45) is 0 Å². The summed E-state index contributed by atoms with van der Waals surface area (Å²) in [6.45, 7) is 5.71. The number of hydrogen-bond acceptors (Lipinski definition) is 3. The second-order valence-corrected chi connectivity index (χ2v) is 4.42. The molecule has 0 spiro atoms. The van der Waals surface area contributed by atoms with Gasteiger partial charge in [0.25, 0.3) is 0 Å². The standard InChI is InChI=1S/C16H21NO2/c1-3-15(17-4-2)14-9-5-6-10-16(14)19-12-13-8-7-11-18-13/h5-11,15,17H,3-4,12H2,1-2H3. The first kappa shape index (κ1) is 13.7. The van der Waals surface area contributed by atoms with Crippen LogP contribution >= 0.6 is 0 Å². The van der Waals surface area contributed by atoms with Crippen molar-refractivity contribution in [3.63, 3.8) is 0 Å². The molecule has 1 unspecified atom stereocenters. The highest BCUT2D eigenvalue weighted by Crippen LogP contribution is 2.27. The molecule has 2 rings (SSSR count). The summed E-state index contributed by atoms with van der Waals surface area (Å²) in [5.74, 6) is 1.76. The maximum absolute atomic E-state index is 5.88. The van der Waals surface area contributed by atoms with Gasteiger partial charge in [-0.3, -0.25) is 0 Å². The van der Waals surface area contributed by atoms with Gasteiger partial charge >= 0.3 is 0 Å². The molecule has 1 aromatic heterocycles. The van der Waals surface area contributed by atoms with Gasteiger partial charge in [0.1, 0.15) is 18.1 Å². The van der Waals surface area contributed by atoms with Gasteiger partial charge in [-0.1, -0.05) is 32.0 Å². The minimum Gasteiger partial charge on any atom is -0.485 e. The summed E-state index contributed by atoms with van der Waals surface area (Å²) in [5.41, 5.74) is 1.21. The quantitative estimate of drug-likeness (QED) is 0.818. The van der Waals surface area contributed by atoms with Gasteiger partial charge < -0.3 is 14.5 Å². The fourth-order valence-electron chi connectivity index (χ4n) is 2.16. The summed E-state index contributed by atoms with van der Waals surface area (Å²) in [5, 5.41) is 3.48. The maximum atomic E-state index is 5.88. The van der Waals surface area contributed by atoms with Crippen LogP contribution in [0.25, 0.3) is 0 Å². The van der Waals surface area contributed by atoms with E-state index in [0.717, 1.165) is 24.5 Å². The van der Waals surface area contributed by atoms with Crippen molar-refractivity contribution in [2.75, 3.05) is 6.54 Å². The molecule has 0 aliphatic carbocycles. The molecule has 0 radical (unpaired) electrons. The van der Waals surface area contributed by atoms with Crippen molar-refractivity contribution in [3.8, 4) is 5.75 Å². The Labute approximate surface area is 114 Å². The summed E-state index contributed by atoms with van der Waals surface area (Å²) < 4.78 is 11.2. The number of rotatable bonds is 7. The van der Waals surface area contributed by atoms with Gasteiger partial charge in [0.15, 0.2) is 0 Å². The Balaban J connectivity index is 2.11. The summed E-state index contributed by atoms with van der Waals surface area (Å²) in [6, 6.07) is 12.3. The van der Waals surface area contributed by atoms with Crippen LogP contribution in [0.2, 0.25) is 0 Å². The van der Waals surface area contributed by atoms with Gasteiger partial charge in [0.2, 0.25) is 0 Å². The molecule has 3 nitrogen and oxygen atoms in total. The van der Waals surface area contributed by atoms with Gasteiger partial charge in [-0.25, -0.2) is 0 Å². The highest BCUT2D eigenvalue weighted by Gasteiger charge is 2.13. The van der Waals surface area contributed by atoms with Crippen molar-refractivity contribution in [1.29, 1.82) is 0 Å². The van der Waals surface area contributed by atoms with E-state index in [2.05, 4.69) is 31.3 Å². The Kier molecular flexibility index (Phi) is 5.04. The summed E-state index contributed by atoms with van der Waals surface area (Å²) in [6.07, 6.45) is 2.70. The third-order valence-electron chi connectivity index (χ3n) is 3.10. The third kappa shape index (κ3) is 3.61. The van der Waals surface area contributed by atoms with Crippen LogP contribution in [0.3, 0.4) is 0 Å². The fourth-order valence-corrected chi connectivity index (χ4v) is 2.16. The van der Waals surface area contributed by atoms with Crippen molar-refractivity contribution in [2.45, 2.75) is 32.9 Å². The van der Waals surface area contributed by atoms with E-state index in [4.69, 9.17) is 9.15 Å². The summed E-state index contributed by atoms with van der Waals surface area (Å²) in [7, 11) is 0. The first-order chi connectivity index (χ1) is 9.35. The zero-order chi connectivity index (χ0) is 13.5. The van der Waals surface area contributed by atoms with Gasteiger partial charge in [0.05, 0.1) is 6.26 Å². The number of nitrogens with one attached hydrogen (secondary N) is 1. The van der Waals surface area contributed by atoms with Crippen LogP contribution in [-0.4, -0.2) is 6.54 Å². The Hall–Kier alpha value is -1.74. The molecule has 0 bridgehead atoms. The molecule has 0 aliphatic heterocycles. The molecule has 1 N–H and O–H groups in total. The van der Waals surface area contributed by atoms with E-state index in [0.29, 0.717) is 12.6 Å². The molecule has 0 saturated heterocycles. The number of para-hydroxylation sites is 1. The molecule has 1 aromatic carbocycles. The molecule has 0 amide bonds. The monoisotopic (exact) mass is 259 g/mol. The Morgan fingerprint density at radius 1 is 1.16 bits per heavy atom. The highest BCUT2D eigenvalue weighted by atomic mass is 16.5. The van der Waals surface area contributed by atoms with Crippen LogP contribution in [0, 0.1) is 0 Å². The number of hydrogen-bond donors (Lipinski definition) is 1. The van der Waals surface area contributed by atoms with E-state index in [-0.39, 0.29) is 0 Å². The molecular formula is C16H21NO2. The van der Waals surface area contributed by atoms with Crippen LogP contribution in [0.15, 0.2) is 47.1 Å². The second kappa shape index (κ2) is 7.00.